The first kappa shape index (κ1) is 22.8. The molecule has 0 aliphatic carbocycles. The zero-order valence-corrected chi connectivity index (χ0v) is 16.8. The van der Waals surface area contributed by atoms with Crippen LogP contribution in [0, 0.1) is 0 Å². The Labute approximate surface area is 165 Å². The van der Waals surface area contributed by atoms with E-state index in [0.29, 0.717) is 16.8 Å². The first-order valence-corrected chi connectivity index (χ1v) is 8.34. The number of phenolic OH excluding ortho intramolecular Hbond substituents is 1. The molecule has 1 fully saturated rings. The minimum Gasteiger partial charge on any atom is -1.00 e. The Kier molecular flexibility index (Phi) is 8.14. The van der Waals surface area contributed by atoms with E-state index < -0.39 is 6.09 Å². The van der Waals surface area contributed by atoms with Gasteiger partial charge < -0.3 is 36.8 Å². The second-order valence-electron chi connectivity index (χ2n) is 6.76. The highest BCUT2D eigenvalue weighted by molar-refractivity contribution is 5.95. The van der Waals surface area contributed by atoms with Crippen LogP contribution in [0.1, 0.15) is 0 Å². The molecule has 0 unspecified atom stereocenters. The number of carbonyl (C=O) groups excluding carboxylic acids is 2. The van der Waals surface area contributed by atoms with Crippen LogP contribution in [-0.2, 0) is 9.53 Å². The molecule has 1 saturated heterocycles. The molecule has 152 valence electrons. The molecule has 0 spiro atoms. The van der Waals surface area contributed by atoms with Crippen molar-refractivity contribution >= 4 is 23.4 Å². The summed E-state index contributed by atoms with van der Waals surface area (Å²) in [6.07, 6.45) is -0.688. The monoisotopic (exact) mass is 402 g/mol. The summed E-state index contributed by atoms with van der Waals surface area (Å²) in [6.45, 7) is 3.98. The summed E-state index contributed by atoms with van der Waals surface area (Å²) in [5.41, 5.74) is 0.468. The van der Waals surface area contributed by atoms with Crippen LogP contribution >= 0.6 is 0 Å². The van der Waals surface area contributed by atoms with Crippen molar-refractivity contribution in [2.75, 3.05) is 71.7 Å². The first-order chi connectivity index (χ1) is 12.3. The molecule has 0 radical (unpaired) electrons. The second kappa shape index (κ2) is 9.63. The Morgan fingerprint density at radius 1 is 1.19 bits per heavy atom. The molecule has 0 atom stereocenters. The lowest BCUT2D eigenvalue weighted by atomic mass is 10.2. The number of piperazine rings is 1. The van der Waals surface area contributed by atoms with Gasteiger partial charge in [-0.2, -0.15) is 0 Å². The molecular weight excluding hydrogens is 376 g/mol. The maximum Gasteiger partial charge on any atom is 0.411 e. The average Bonchev–Trinajstić information content (AvgIpc) is 2.59. The van der Waals surface area contributed by atoms with Gasteiger partial charge in [0.1, 0.15) is 11.5 Å². The number of halogens is 1. The Balaban J connectivity index is 0.00000364. The fraction of sp³-hybridized carbons (Fsp3) is 0.529. The van der Waals surface area contributed by atoms with Crippen molar-refractivity contribution < 1.29 is 41.1 Å². The topological polar surface area (TPSA) is 100 Å². The lowest BCUT2D eigenvalue weighted by molar-refractivity contribution is -0.905. The third-order valence-corrected chi connectivity index (χ3v) is 4.58. The number of rotatable bonds is 5. The minimum absolute atomic E-state index is 0. The normalized spacial score (nSPS) is 16.0. The van der Waals surface area contributed by atoms with Crippen molar-refractivity contribution in [3.05, 3.63) is 12.1 Å². The highest BCUT2D eigenvalue weighted by Gasteiger charge is 2.30. The smallest absolute Gasteiger partial charge is 0.411 e. The van der Waals surface area contributed by atoms with Gasteiger partial charge in [0, 0.05) is 25.2 Å². The van der Waals surface area contributed by atoms with Gasteiger partial charge in [0.25, 0.3) is 5.91 Å². The molecule has 9 nitrogen and oxygen atoms in total. The number of nitrogens with one attached hydrogen (secondary N) is 2. The number of hydrogen-bond donors (Lipinski definition) is 3. The molecular formula is C17H27ClN4O5. The van der Waals surface area contributed by atoms with E-state index in [9.17, 15) is 14.7 Å². The van der Waals surface area contributed by atoms with Crippen molar-refractivity contribution in [1.29, 1.82) is 0 Å². The molecule has 0 saturated carbocycles. The van der Waals surface area contributed by atoms with E-state index in [1.807, 2.05) is 0 Å². The van der Waals surface area contributed by atoms with Crippen LogP contribution in [0.5, 0.6) is 11.5 Å². The van der Waals surface area contributed by atoms with E-state index in [2.05, 4.69) is 34.4 Å². The number of aromatic hydroxyl groups is 1. The van der Waals surface area contributed by atoms with Crippen molar-refractivity contribution in [1.82, 2.24) is 4.90 Å². The predicted molar refractivity (Wildman–Crippen MR) is 97.6 cm³/mol. The average molecular weight is 403 g/mol. The Hall–Kier alpha value is -2.23. The molecule has 0 aromatic heterocycles. The lowest BCUT2D eigenvalue weighted by Crippen LogP contribution is -3.00. The van der Waals surface area contributed by atoms with E-state index >= 15 is 0 Å². The number of quaternary nitrogens is 1. The first-order valence-electron chi connectivity index (χ1n) is 8.34. The number of ether oxygens (including phenoxy) is 2. The highest BCUT2D eigenvalue weighted by atomic mass is 35.5. The van der Waals surface area contributed by atoms with Crippen molar-refractivity contribution in [2.45, 2.75) is 0 Å². The molecule has 1 aromatic carbocycles. The standard InChI is InChI=1S/C17H26N4O5.ClH/c1-20-5-7-21(2,8-6-20)11-16(23)18-12-10-15(25-3)13(9-14(12)22)19-17(24)26-4;/h9-10H,5-8,11H2,1-4H3,(H2-,18,19,22,23,24);1H. The molecule has 1 aliphatic heterocycles. The fourth-order valence-corrected chi connectivity index (χ4v) is 2.84. The van der Waals surface area contributed by atoms with E-state index in [1.54, 1.807) is 0 Å². The predicted octanol–water partition coefficient (Wildman–Crippen LogP) is -2.09. The van der Waals surface area contributed by atoms with Gasteiger partial charge in [0.05, 0.1) is 45.7 Å². The van der Waals surface area contributed by atoms with Crippen LogP contribution in [-0.4, -0.2) is 87.5 Å². The molecule has 2 amide bonds. The quantitative estimate of drug-likeness (QED) is 0.386. The van der Waals surface area contributed by atoms with Gasteiger partial charge in [-0.25, -0.2) is 4.79 Å². The number of carbonyl (C=O) groups is 2. The summed E-state index contributed by atoms with van der Waals surface area (Å²) >= 11 is 0. The van der Waals surface area contributed by atoms with Gasteiger partial charge >= 0.3 is 6.09 Å². The summed E-state index contributed by atoms with van der Waals surface area (Å²) in [4.78, 5) is 26.0. The van der Waals surface area contributed by atoms with Crippen molar-refractivity contribution in [3.63, 3.8) is 0 Å². The number of hydrogen-bond acceptors (Lipinski definition) is 6. The summed E-state index contributed by atoms with van der Waals surface area (Å²) in [6, 6.07) is 2.76. The largest absolute Gasteiger partial charge is 1.00 e. The molecule has 1 aromatic rings. The summed E-state index contributed by atoms with van der Waals surface area (Å²) < 4.78 is 10.4. The van der Waals surface area contributed by atoms with Crippen LogP contribution in [0.2, 0.25) is 0 Å². The number of phenols is 1. The number of likely N-dealkylation sites (N-methyl/N-ethyl adjacent to an activating group) is 2. The van der Waals surface area contributed by atoms with Crippen LogP contribution in [0.3, 0.4) is 0 Å². The molecule has 27 heavy (non-hydrogen) atoms. The number of nitrogens with zero attached hydrogens (tertiary/aromatic N) is 2. The van der Waals surface area contributed by atoms with Gasteiger partial charge in [0.15, 0.2) is 6.54 Å². The van der Waals surface area contributed by atoms with Gasteiger partial charge in [-0.05, 0) is 7.05 Å². The van der Waals surface area contributed by atoms with Gasteiger partial charge in [-0.15, -0.1) is 0 Å². The SMILES string of the molecule is COC(=O)Nc1cc(O)c(NC(=O)C[N+]2(C)CCN(C)CC2)cc1OC.[Cl-]. The van der Waals surface area contributed by atoms with Crippen molar-refractivity contribution in [2.24, 2.45) is 0 Å². The Morgan fingerprint density at radius 3 is 2.37 bits per heavy atom. The zero-order chi connectivity index (χ0) is 19.3. The van der Waals surface area contributed by atoms with E-state index in [4.69, 9.17) is 4.74 Å². The number of methoxy groups -OCH3 is 2. The Morgan fingerprint density at radius 2 is 1.81 bits per heavy atom. The summed E-state index contributed by atoms with van der Waals surface area (Å²) in [7, 11) is 6.78. The zero-order valence-electron chi connectivity index (χ0n) is 16.0. The molecule has 1 aliphatic rings. The number of amides is 2. The number of benzene rings is 1. The second-order valence-corrected chi connectivity index (χ2v) is 6.76. The Bertz CT molecular complexity index is 678. The molecule has 3 N–H and O–H groups in total. The van der Waals surface area contributed by atoms with E-state index in [0.717, 1.165) is 26.2 Å². The third kappa shape index (κ3) is 6.16. The molecule has 1 heterocycles. The number of anilines is 2. The van der Waals surface area contributed by atoms with Crippen molar-refractivity contribution in [3.8, 4) is 11.5 Å². The summed E-state index contributed by atoms with van der Waals surface area (Å²) in [5, 5.41) is 15.3. The van der Waals surface area contributed by atoms with Crippen LogP contribution in [0.15, 0.2) is 12.1 Å². The van der Waals surface area contributed by atoms with E-state index in [1.165, 1.54) is 26.4 Å². The van der Waals surface area contributed by atoms with Gasteiger partial charge in [-0.3, -0.25) is 15.0 Å². The summed E-state index contributed by atoms with van der Waals surface area (Å²) in [5.74, 6) is -0.0711. The van der Waals surface area contributed by atoms with Crippen LogP contribution in [0.4, 0.5) is 16.2 Å². The highest BCUT2D eigenvalue weighted by Crippen LogP contribution is 2.35. The van der Waals surface area contributed by atoms with Gasteiger partial charge in [-0.1, -0.05) is 0 Å². The van der Waals surface area contributed by atoms with Crippen LogP contribution in [0.25, 0.3) is 0 Å². The lowest BCUT2D eigenvalue weighted by Gasteiger charge is -2.40. The van der Waals surface area contributed by atoms with Gasteiger partial charge in [0.2, 0.25) is 0 Å². The van der Waals surface area contributed by atoms with E-state index in [-0.39, 0.29) is 35.4 Å². The third-order valence-electron chi connectivity index (χ3n) is 4.58. The maximum absolute atomic E-state index is 12.4. The molecule has 2 rings (SSSR count). The molecule has 10 heteroatoms. The fourth-order valence-electron chi connectivity index (χ4n) is 2.84. The van der Waals surface area contributed by atoms with Crippen LogP contribution < -0.4 is 27.8 Å². The minimum atomic E-state index is -0.688. The molecule has 0 bridgehead atoms. The maximum atomic E-state index is 12.4.